The summed E-state index contributed by atoms with van der Waals surface area (Å²) in [4.78, 5) is 39.0. The second-order valence-electron chi connectivity index (χ2n) is 7.51. The Bertz CT molecular complexity index is 1090. The summed E-state index contributed by atoms with van der Waals surface area (Å²) in [6.45, 7) is 2.34. The van der Waals surface area contributed by atoms with Gasteiger partial charge in [-0.2, -0.15) is 0 Å². The van der Waals surface area contributed by atoms with E-state index in [1.165, 1.54) is 11.8 Å². The van der Waals surface area contributed by atoms with Gasteiger partial charge in [0.15, 0.2) is 0 Å². The molecule has 172 valence electrons. The van der Waals surface area contributed by atoms with E-state index in [0.717, 1.165) is 24.0 Å². The third kappa shape index (κ3) is 7.15. The molecule has 2 aromatic rings. The molecule has 1 fully saturated rings. The molecule has 1 heterocycles. The third-order valence-electron chi connectivity index (χ3n) is 5.03. The molecule has 0 spiro atoms. The van der Waals surface area contributed by atoms with E-state index >= 15 is 0 Å². The summed E-state index contributed by atoms with van der Waals surface area (Å²) in [5, 5.41) is 0.641. The maximum atomic E-state index is 12.7. The Hall–Kier alpha value is -2.68. The number of amides is 3. The highest BCUT2D eigenvalue weighted by molar-refractivity contribution is 8.26. The molecule has 0 aliphatic carbocycles. The molecule has 9 heteroatoms. The zero-order valence-corrected chi connectivity index (χ0v) is 20.5. The molecule has 0 atom stereocenters. The number of hydrazine groups is 1. The number of nitrogens with one attached hydrogen (secondary N) is 2. The summed E-state index contributed by atoms with van der Waals surface area (Å²) >= 11 is 12.6. The summed E-state index contributed by atoms with van der Waals surface area (Å²) in [6, 6.07) is 14.4. The van der Waals surface area contributed by atoms with E-state index in [0.29, 0.717) is 32.8 Å². The van der Waals surface area contributed by atoms with Gasteiger partial charge in [0, 0.05) is 23.6 Å². The van der Waals surface area contributed by atoms with Crippen LogP contribution in [0.15, 0.2) is 53.4 Å². The molecule has 0 radical (unpaired) electrons. The first kappa shape index (κ1) is 25.0. The quantitative estimate of drug-likeness (QED) is 0.233. The van der Waals surface area contributed by atoms with Crippen molar-refractivity contribution in [3.05, 3.63) is 75.1 Å². The van der Waals surface area contributed by atoms with Crippen molar-refractivity contribution >= 4 is 63.7 Å². The predicted octanol–water partition coefficient (Wildman–Crippen LogP) is 4.87. The van der Waals surface area contributed by atoms with E-state index in [9.17, 15) is 14.4 Å². The van der Waals surface area contributed by atoms with Crippen molar-refractivity contribution in [3.8, 4) is 0 Å². The summed E-state index contributed by atoms with van der Waals surface area (Å²) in [6.07, 6.45) is 4.21. The Balaban J connectivity index is 1.36. The number of halogens is 1. The van der Waals surface area contributed by atoms with Crippen LogP contribution in [-0.4, -0.2) is 33.5 Å². The fourth-order valence-corrected chi connectivity index (χ4v) is 4.65. The van der Waals surface area contributed by atoms with Crippen molar-refractivity contribution < 1.29 is 14.4 Å². The minimum absolute atomic E-state index is 0.100. The van der Waals surface area contributed by atoms with Crippen molar-refractivity contribution in [2.24, 2.45) is 0 Å². The molecule has 3 amide bonds. The van der Waals surface area contributed by atoms with E-state index < -0.39 is 0 Å². The normalized spacial score (nSPS) is 14.6. The lowest BCUT2D eigenvalue weighted by Gasteiger charge is -2.14. The lowest BCUT2D eigenvalue weighted by Crippen LogP contribution is -2.41. The van der Waals surface area contributed by atoms with E-state index in [2.05, 4.69) is 10.9 Å². The van der Waals surface area contributed by atoms with E-state index in [1.54, 1.807) is 29.2 Å². The molecule has 0 aromatic heterocycles. The molecule has 2 aromatic carbocycles. The second-order valence-corrected chi connectivity index (χ2v) is 9.62. The van der Waals surface area contributed by atoms with Gasteiger partial charge in [0.25, 0.3) is 11.8 Å². The highest BCUT2D eigenvalue weighted by Gasteiger charge is 2.31. The van der Waals surface area contributed by atoms with Gasteiger partial charge in [-0.25, -0.2) is 0 Å². The molecule has 0 saturated carbocycles. The van der Waals surface area contributed by atoms with Crippen LogP contribution in [0.5, 0.6) is 0 Å². The lowest BCUT2D eigenvalue weighted by atomic mass is 10.1. The molecule has 0 unspecified atom stereocenters. The van der Waals surface area contributed by atoms with Crippen LogP contribution in [0.4, 0.5) is 0 Å². The number of thioether (sulfide) groups is 1. The highest BCUT2D eigenvalue weighted by Crippen LogP contribution is 2.32. The second kappa shape index (κ2) is 12.0. The summed E-state index contributed by atoms with van der Waals surface area (Å²) in [7, 11) is 0. The van der Waals surface area contributed by atoms with Gasteiger partial charge in [-0.05, 0) is 55.2 Å². The Morgan fingerprint density at radius 2 is 1.79 bits per heavy atom. The zero-order chi connectivity index (χ0) is 23.8. The number of hydrogen-bond donors (Lipinski definition) is 2. The van der Waals surface area contributed by atoms with E-state index in [1.807, 2.05) is 37.3 Å². The van der Waals surface area contributed by atoms with Crippen LogP contribution in [0, 0.1) is 6.92 Å². The number of nitrogens with zero attached hydrogens (tertiary/aromatic N) is 1. The molecule has 3 rings (SSSR count). The van der Waals surface area contributed by atoms with Crippen LogP contribution < -0.4 is 10.9 Å². The summed E-state index contributed by atoms with van der Waals surface area (Å²) in [5.41, 5.74) is 7.13. The first-order chi connectivity index (χ1) is 15.8. The fraction of sp³-hybridized carbons (Fsp3) is 0.250. The smallest absolute Gasteiger partial charge is 0.269 e. The Kier molecular flexibility index (Phi) is 9.05. The van der Waals surface area contributed by atoms with Gasteiger partial charge in [0.1, 0.15) is 4.32 Å². The molecule has 1 saturated heterocycles. The third-order valence-corrected chi connectivity index (χ3v) is 6.66. The van der Waals surface area contributed by atoms with Crippen molar-refractivity contribution in [2.45, 2.75) is 32.6 Å². The number of thiocarbonyl (C=S) groups is 1. The van der Waals surface area contributed by atoms with Crippen LogP contribution in [0.1, 0.15) is 47.2 Å². The molecule has 33 heavy (non-hydrogen) atoms. The first-order valence-corrected chi connectivity index (χ1v) is 12.1. The molecular weight excluding hydrogens is 478 g/mol. The minimum atomic E-state index is -0.345. The zero-order valence-electron chi connectivity index (χ0n) is 18.1. The number of benzene rings is 2. The summed E-state index contributed by atoms with van der Waals surface area (Å²) in [5.74, 6) is -0.701. The topological polar surface area (TPSA) is 78.5 Å². The summed E-state index contributed by atoms with van der Waals surface area (Å²) < 4.78 is 0.539. The van der Waals surface area contributed by atoms with Crippen molar-refractivity contribution in [2.75, 3.05) is 6.54 Å². The average molecular weight is 502 g/mol. The maximum Gasteiger partial charge on any atom is 0.269 e. The Morgan fingerprint density at radius 1 is 1.06 bits per heavy atom. The minimum Gasteiger partial charge on any atom is -0.293 e. The van der Waals surface area contributed by atoms with Crippen molar-refractivity contribution in [3.63, 3.8) is 0 Å². The van der Waals surface area contributed by atoms with Crippen LogP contribution in [-0.2, 0) is 9.59 Å². The number of hydrogen-bond acceptors (Lipinski definition) is 5. The molecular formula is C24H24ClN3O3S2. The van der Waals surface area contributed by atoms with Gasteiger partial charge in [0.2, 0.25) is 5.91 Å². The van der Waals surface area contributed by atoms with Gasteiger partial charge in [-0.15, -0.1) is 0 Å². The van der Waals surface area contributed by atoms with Crippen LogP contribution in [0.25, 0.3) is 6.08 Å². The number of rotatable bonds is 8. The Labute approximate surface area is 207 Å². The van der Waals surface area contributed by atoms with Gasteiger partial charge >= 0.3 is 0 Å². The number of aryl methyl sites for hydroxylation is 1. The number of carbonyl (C=O) groups is 3. The van der Waals surface area contributed by atoms with Crippen LogP contribution >= 0.6 is 35.6 Å². The monoisotopic (exact) mass is 501 g/mol. The van der Waals surface area contributed by atoms with Crippen molar-refractivity contribution in [1.29, 1.82) is 0 Å². The van der Waals surface area contributed by atoms with Gasteiger partial charge < -0.3 is 0 Å². The number of unbranched alkanes of at least 4 members (excludes halogenated alkanes) is 2. The van der Waals surface area contributed by atoms with Crippen LogP contribution in [0.3, 0.4) is 0 Å². The van der Waals surface area contributed by atoms with E-state index in [-0.39, 0.29) is 24.1 Å². The highest BCUT2D eigenvalue weighted by atomic mass is 35.5. The SMILES string of the molecule is Cc1ccccc1C(=O)NNC(=O)CCCCCN1C(=O)C(=Cc2ccc(Cl)cc2)SC1=S. The number of carbonyl (C=O) groups excluding carboxylic acids is 3. The molecule has 0 bridgehead atoms. The average Bonchev–Trinajstić information content (AvgIpc) is 3.06. The van der Waals surface area contributed by atoms with Gasteiger partial charge in [-0.1, -0.05) is 72.3 Å². The maximum absolute atomic E-state index is 12.7. The molecule has 2 N–H and O–H groups in total. The van der Waals surface area contributed by atoms with Gasteiger partial charge in [0.05, 0.1) is 4.91 Å². The predicted molar refractivity (Wildman–Crippen MR) is 137 cm³/mol. The molecule has 6 nitrogen and oxygen atoms in total. The van der Waals surface area contributed by atoms with Crippen LogP contribution in [0.2, 0.25) is 5.02 Å². The fourth-order valence-electron chi connectivity index (χ4n) is 3.22. The standard InChI is InChI=1S/C24H24ClN3O3S2/c1-16-7-4-5-8-19(16)22(30)27-26-21(29)9-3-2-6-14-28-23(31)20(33-24(28)32)15-17-10-12-18(25)13-11-17/h4-5,7-8,10-13,15H,2-3,6,9,14H2,1H3,(H,26,29)(H,27,30). The lowest BCUT2D eigenvalue weighted by molar-refractivity contribution is -0.123. The molecule has 1 aliphatic heterocycles. The van der Waals surface area contributed by atoms with E-state index in [4.69, 9.17) is 23.8 Å². The van der Waals surface area contributed by atoms with Gasteiger partial charge in [-0.3, -0.25) is 30.1 Å². The molecule has 1 aliphatic rings. The largest absolute Gasteiger partial charge is 0.293 e. The van der Waals surface area contributed by atoms with Crippen molar-refractivity contribution in [1.82, 2.24) is 15.8 Å². The first-order valence-electron chi connectivity index (χ1n) is 10.5. The Morgan fingerprint density at radius 3 is 2.52 bits per heavy atom.